The molecule has 0 aliphatic heterocycles. The fourth-order valence-electron chi connectivity index (χ4n) is 1.20. The van der Waals surface area contributed by atoms with E-state index in [0.717, 1.165) is 6.07 Å². The van der Waals surface area contributed by atoms with Crippen LogP contribution in [0.25, 0.3) is 0 Å². The van der Waals surface area contributed by atoms with E-state index in [-0.39, 0.29) is 24.0 Å². The van der Waals surface area contributed by atoms with E-state index < -0.39 is 15.8 Å². The van der Waals surface area contributed by atoms with E-state index in [2.05, 4.69) is 4.72 Å². The van der Waals surface area contributed by atoms with E-state index in [0.29, 0.717) is 0 Å². The molecule has 1 aromatic carbocycles. The van der Waals surface area contributed by atoms with Gasteiger partial charge in [0.15, 0.2) is 0 Å². The summed E-state index contributed by atoms with van der Waals surface area (Å²) in [5, 5.41) is 8.76. The monoisotopic (exact) mass is 247 g/mol. The summed E-state index contributed by atoms with van der Waals surface area (Å²) in [5.41, 5.74) is 0.185. The van der Waals surface area contributed by atoms with Gasteiger partial charge in [0, 0.05) is 6.61 Å². The van der Waals surface area contributed by atoms with E-state index in [1.165, 1.54) is 18.2 Å². The van der Waals surface area contributed by atoms with Crippen LogP contribution in [0.15, 0.2) is 24.3 Å². The van der Waals surface area contributed by atoms with Gasteiger partial charge in [-0.3, -0.25) is 4.72 Å². The van der Waals surface area contributed by atoms with Crippen molar-refractivity contribution in [3.05, 3.63) is 30.1 Å². The summed E-state index contributed by atoms with van der Waals surface area (Å²) in [5.74, 6) is -1.05. The van der Waals surface area contributed by atoms with Crippen molar-refractivity contribution in [2.75, 3.05) is 17.1 Å². The molecule has 0 saturated heterocycles. The summed E-state index contributed by atoms with van der Waals surface area (Å²) >= 11 is 0. The molecule has 1 atom stereocenters. The Kier molecular flexibility index (Phi) is 4.26. The van der Waals surface area contributed by atoms with E-state index in [4.69, 9.17) is 5.11 Å². The second-order valence-electron chi connectivity index (χ2n) is 3.68. The van der Waals surface area contributed by atoms with Crippen LogP contribution < -0.4 is 4.72 Å². The number of hydrogen-bond donors (Lipinski definition) is 2. The third-order valence-electron chi connectivity index (χ3n) is 1.91. The van der Waals surface area contributed by atoms with Gasteiger partial charge in [0.05, 0.1) is 11.4 Å². The summed E-state index contributed by atoms with van der Waals surface area (Å²) < 4.78 is 38.1. The quantitative estimate of drug-likeness (QED) is 0.821. The first-order valence-electron chi connectivity index (χ1n) is 4.80. The van der Waals surface area contributed by atoms with Crippen LogP contribution >= 0.6 is 0 Å². The maximum Gasteiger partial charge on any atom is 0.233 e. The zero-order chi connectivity index (χ0) is 12.2. The normalized spacial score (nSPS) is 13.4. The van der Waals surface area contributed by atoms with E-state index in [9.17, 15) is 12.8 Å². The average Bonchev–Trinajstić information content (AvgIpc) is 2.15. The molecule has 0 radical (unpaired) electrons. The van der Waals surface area contributed by atoms with Gasteiger partial charge in [-0.25, -0.2) is 12.8 Å². The number of aliphatic hydroxyl groups excluding tert-OH is 1. The molecule has 4 nitrogen and oxygen atoms in total. The van der Waals surface area contributed by atoms with Gasteiger partial charge < -0.3 is 5.11 Å². The zero-order valence-corrected chi connectivity index (χ0v) is 9.67. The SMILES string of the molecule is CC(CO)CS(=O)(=O)Nc1cccc(F)c1. The van der Waals surface area contributed by atoms with Crippen LogP contribution in [-0.2, 0) is 10.0 Å². The molecule has 1 aromatic rings. The standard InChI is InChI=1S/C10H14FNO3S/c1-8(6-13)7-16(14,15)12-10-4-2-3-9(11)5-10/h2-5,8,12-13H,6-7H2,1H3. The smallest absolute Gasteiger partial charge is 0.233 e. The highest BCUT2D eigenvalue weighted by Gasteiger charge is 2.15. The first kappa shape index (κ1) is 12.9. The molecule has 0 amide bonds. The molecule has 1 rings (SSSR count). The minimum Gasteiger partial charge on any atom is -0.396 e. The molecule has 2 N–H and O–H groups in total. The highest BCUT2D eigenvalue weighted by Crippen LogP contribution is 2.12. The molecular weight excluding hydrogens is 233 g/mol. The topological polar surface area (TPSA) is 66.4 Å². The molecule has 90 valence electrons. The number of rotatable bonds is 5. The Morgan fingerprint density at radius 3 is 2.75 bits per heavy atom. The molecule has 0 spiro atoms. The minimum absolute atomic E-state index is 0.185. The van der Waals surface area contributed by atoms with Crippen LogP contribution in [0.5, 0.6) is 0 Å². The van der Waals surface area contributed by atoms with Crippen LogP contribution in [0.4, 0.5) is 10.1 Å². The molecular formula is C10H14FNO3S. The van der Waals surface area contributed by atoms with Crippen LogP contribution in [0.3, 0.4) is 0 Å². The fraction of sp³-hybridized carbons (Fsp3) is 0.400. The third-order valence-corrected chi connectivity index (χ3v) is 3.47. The predicted octanol–water partition coefficient (Wildman–Crippen LogP) is 1.20. The van der Waals surface area contributed by atoms with E-state index in [1.54, 1.807) is 6.92 Å². The summed E-state index contributed by atoms with van der Waals surface area (Å²) in [6, 6.07) is 5.21. The van der Waals surface area contributed by atoms with Gasteiger partial charge >= 0.3 is 0 Å². The lowest BCUT2D eigenvalue weighted by atomic mass is 10.2. The highest BCUT2D eigenvalue weighted by atomic mass is 32.2. The zero-order valence-electron chi connectivity index (χ0n) is 8.85. The summed E-state index contributed by atoms with van der Waals surface area (Å²) in [4.78, 5) is 0. The fourth-order valence-corrected chi connectivity index (χ4v) is 2.62. The Labute approximate surface area is 94.2 Å². The van der Waals surface area contributed by atoms with Crippen molar-refractivity contribution in [1.82, 2.24) is 0 Å². The maximum absolute atomic E-state index is 12.8. The summed E-state index contributed by atoms with van der Waals surface area (Å²) in [6.07, 6.45) is 0. The minimum atomic E-state index is -3.54. The van der Waals surface area contributed by atoms with Crippen molar-refractivity contribution in [2.45, 2.75) is 6.92 Å². The number of halogens is 1. The molecule has 0 aromatic heterocycles. The van der Waals surface area contributed by atoms with Crippen molar-refractivity contribution < 1.29 is 17.9 Å². The van der Waals surface area contributed by atoms with Crippen LogP contribution in [0.2, 0.25) is 0 Å². The van der Waals surface area contributed by atoms with E-state index in [1.807, 2.05) is 0 Å². The second-order valence-corrected chi connectivity index (χ2v) is 5.45. The van der Waals surface area contributed by atoms with Crippen LogP contribution in [0, 0.1) is 11.7 Å². The Morgan fingerprint density at radius 1 is 1.50 bits per heavy atom. The molecule has 0 aliphatic carbocycles. The molecule has 0 aliphatic rings. The highest BCUT2D eigenvalue weighted by molar-refractivity contribution is 7.92. The maximum atomic E-state index is 12.8. The first-order valence-corrected chi connectivity index (χ1v) is 6.45. The first-order chi connectivity index (χ1) is 7.43. The summed E-state index contributed by atoms with van der Waals surface area (Å²) in [7, 11) is -3.54. The number of hydrogen-bond acceptors (Lipinski definition) is 3. The third kappa shape index (κ3) is 4.16. The van der Waals surface area contributed by atoms with Crippen LogP contribution in [0.1, 0.15) is 6.92 Å². The van der Waals surface area contributed by atoms with Crippen molar-refractivity contribution >= 4 is 15.7 Å². The molecule has 0 bridgehead atoms. The van der Waals surface area contributed by atoms with Gasteiger partial charge in [0.2, 0.25) is 10.0 Å². The number of aliphatic hydroxyl groups is 1. The Morgan fingerprint density at radius 2 is 2.19 bits per heavy atom. The van der Waals surface area contributed by atoms with Gasteiger partial charge in [0.1, 0.15) is 5.82 Å². The lowest BCUT2D eigenvalue weighted by molar-refractivity contribution is 0.249. The molecule has 0 saturated carbocycles. The number of nitrogens with one attached hydrogen (secondary N) is 1. The van der Waals surface area contributed by atoms with Gasteiger partial charge in [-0.05, 0) is 24.1 Å². The van der Waals surface area contributed by atoms with Gasteiger partial charge in [-0.15, -0.1) is 0 Å². The molecule has 0 heterocycles. The lowest BCUT2D eigenvalue weighted by Crippen LogP contribution is -2.23. The van der Waals surface area contributed by atoms with Gasteiger partial charge in [0.25, 0.3) is 0 Å². The number of sulfonamides is 1. The summed E-state index contributed by atoms with van der Waals surface area (Å²) in [6.45, 7) is 1.41. The average molecular weight is 247 g/mol. The largest absolute Gasteiger partial charge is 0.396 e. The molecule has 0 fully saturated rings. The molecule has 6 heteroatoms. The van der Waals surface area contributed by atoms with Crippen molar-refractivity contribution in [2.24, 2.45) is 5.92 Å². The Balaban J connectivity index is 2.73. The number of anilines is 1. The van der Waals surface area contributed by atoms with Crippen molar-refractivity contribution in [1.29, 1.82) is 0 Å². The Bertz CT molecular complexity index is 447. The molecule has 16 heavy (non-hydrogen) atoms. The van der Waals surface area contributed by atoms with Gasteiger partial charge in [-0.1, -0.05) is 13.0 Å². The van der Waals surface area contributed by atoms with Crippen LogP contribution in [-0.4, -0.2) is 25.9 Å². The second kappa shape index (κ2) is 5.27. The predicted molar refractivity (Wildman–Crippen MR) is 60.1 cm³/mol. The molecule has 1 unspecified atom stereocenters. The van der Waals surface area contributed by atoms with Gasteiger partial charge in [-0.2, -0.15) is 0 Å². The Hall–Kier alpha value is -1.14. The number of benzene rings is 1. The lowest BCUT2D eigenvalue weighted by Gasteiger charge is -2.11. The van der Waals surface area contributed by atoms with Crippen molar-refractivity contribution in [3.63, 3.8) is 0 Å². The van der Waals surface area contributed by atoms with Crippen molar-refractivity contribution in [3.8, 4) is 0 Å². The van der Waals surface area contributed by atoms with E-state index >= 15 is 0 Å².